The Kier molecular flexibility index (Phi) is 3.15. The Morgan fingerprint density at radius 1 is 1.12 bits per heavy atom. The van der Waals surface area contributed by atoms with E-state index in [-0.39, 0.29) is 0 Å². The van der Waals surface area contributed by atoms with Crippen molar-refractivity contribution in [2.45, 2.75) is 13.8 Å². The van der Waals surface area contributed by atoms with Crippen molar-refractivity contribution in [2.75, 3.05) is 0 Å². The van der Waals surface area contributed by atoms with E-state index in [2.05, 4.69) is 5.10 Å². The molecule has 0 aliphatic rings. The minimum Gasteiger partial charge on any atom is -0.235 e. The third kappa shape index (κ3) is 1.93. The number of halogens is 3. The smallest absolute Gasteiger partial charge is 0.0848 e. The Labute approximate surface area is 109 Å². The van der Waals surface area contributed by atoms with Crippen molar-refractivity contribution in [2.24, 2.45) is 0 Å². The van der Waals surface area contributed by atoms with Crippen molar-refractivity contribution in [3.8, 4) is 5.69 Å². The Bertz CT molecular complexity index is 546. The predicted molar refractivity (Wildman–Crippen MR) is 68.1 cm³/mol. The highest BCUT2D eigenvalue weighted by atomic mass is 35.5. The van der Waals surface area contributed by atoms with E-state index in [4.69, 9.17) is 34.8 Å². The second-order valence-corrected chi connectivity index (χ2v) is 4.71. The quantitative estimate of drug-likeness (QED) is 0.752. The summed E-state index contributed by atoms with van der Waals surface area (Å²) in [6.45, 7) is 3.75. The van der Waals surface area contributed by atoms with Gasteiger partial charge in [0, 0.05) is 5.02 Å². The number of nitrogens with zero attached hydrogens (tertiary/aromatic N) is 2. The third-order valence-electron chi connectivity index (χ3n) is 2.34. The molecule has 0 bridgehead atoms. The highest BCUT2D eigenvalue weighted by Gasteiger charge is 2.12. The molecule has 1 aromatic heterocycles. The van der Waals surface area contributed by atoms with Crippen molar-refractivity contribution >= 4 is 34.8 Å². The predicted octanol–water partition coefficient (Wildman–Crippen LogP) is 4.45. The molecule has 0 unspecified atom stereocenters. The summed E-state index contributed by atoms with van der Waals surface area (Å²) in [7, 11) is 0. The van der Waals surface area contributed by atoms with Crippen LogP contribution in [0.2, 0.25) is 15.1 Å². The van der Waals surface area contributed by atoms with Crippen molar-refractivity contribution < 1.29 is 0 Å². The topological polar surface area (TPSA) is 17.8 Å². The van der Waals surface area contributed by atoms with E-state index in [9.17, 15) is 0 Å². The van der Waals surface area contributed by atoms with Gasteiger partial charge < -0.3 is 0 Å². The number of aromatic nitrogens is 2. The molecule has 0 atom stereocenters. The van der Waals surface area contributed by atoms with Gasteiger partial charge in [0.25, 0.3) is 0 Å². The molecule has 2 nitrogen and oxygen atoms in total. The van der Waals surface area contributed by atoms with Gasteiger partial charge >= 0.3 is 0 Å². The molecule has 0 N–H and O–H groups in total. The van der Waals surface area contributed by atoms with Gasteiger partial charge in [-0.15, -0.1) is 0 Å². The molecule has 0 spiro atoms. The van der Waals surface area contributed by atoms with Crippen LogP contribution in [0.3, 0.4) is 0 Å². The summed E-state index contributed by atoms with van der Waals surface area (Å²) in [5.74, 6) is 0. The fourth-order valence-electron chi connectivity index (χ4n) is 1.51. The van der Waals surface area contributed by atoms with Crippen LogP contribution in [0.4, 0.5) is 0 Å². The maximum Gasteiger partial charge on any atom is 0.0848 e. The fraction of sp³-hybridized carbons (Fsp3) is 0.182. The molecule has 0 fully saturated rings. The zero-order valence-corrected chi connectivity index (χ0v) is 11.0. The molecular formula is C11H9Cl3N2. The first kappa shape index (κ1) is 11.8. The van der Waals surface area contributed by atoms with Crippen LogP contribution in [0.5, 0.6) is 0 Å². The van der Waals surface area contributed by atoms with Gasteiger partial charge in [0.2, 0.25) is 0 Å². The molecule has 0 saturated carbocycles. The minimum absolute atomic E-state index is 0.551. The van der Waals surface area contributed by atoms with Crippen LogP contribution in [0.25, 0.3) is 5.69 Å². The lowest BCUT2D eigenvalue weighted by Gasteiger charge is -2.06. The summed E-state index contributed by atoms with van der Waals surface area (Å²) in [6.07, 6.45) is 0. The van der Waals surface area contributed by atoms with Crippen molar-refractivity contribution in [1.29, 1.82) is 0 Å². The molecule has 0 saturated heterocycles. The number of hydrogen-bond donors (Lipinski definition) is 0. The second-order valence-electron chi connectivity index (χ2n) is 3.49. The van der Waals surface area contributed by atoms with Crippen LogP contribution in [0.1, 0.15) is 11.4 Å². The van der Waals surface area contributed by atoms with Gasteiger partial charge in [-0.2, -0.15) is 5.10 Å². The lowest BCUT2D eigenvalue weighted by atomic mass is 10.3. The van der Waals surface area contributed by atoms with E-state index >= 15 is 0 Å². The van der Waals surface area contributed by atoms with E-state index in [0.29, 0.717) is 15.1 Å². The van der Waals surface area contributed by atoms with Crippen molar-refractivity contribution in [3.05, 3.63) is 44.7 Å². The average Bonchev–Trinajstić information content (AvgIpc) is 2.46. The molecule has 2 rings (SSSR count). The van der Waals surface area contributed by atoms with Crippen molar-refractivity contribution in [3.63, 3.8) is 0 Å². The maximum absolute atomic E-state index is 6.11. The number of hydrogen-bond acceptors (Lipinski definition) is 1. The number of rotatable bonds is 1. The lowest BCUT2D eigenvalue weighted by molar-refractivity contribution is 0.834. The fourth-order valence-corrected chi connectivity index (χ4v) is 2.12. The SMILES string of the molecule is Cc1nn(-c2ccc(Cl)cc2Cl)c(C)c1Cl. The van der Waals surface area contributed by atoms with Gasteiger partial charge in [0.05, 0.1) is 27.1 Å². The summed E-state index contributed by atoms with van der Waals surface area (Å²) in [6, 6.07) is 5.27. The normalized spacial score (nSPS) is 10.8. The largest absolute Gasteiger partial charge is 0.235 e. The Morgan fingerprint density at radius 2 is 1.81 bits per heavy atom. The molecule has 0 amide bonds. The Balaban J connectivity index is 2.63. The van der Waals surface area contributed by atoms with E-state index in [1.54, 1.807) is 16.8 Å². The zero-order valence-electron chi connectivity index (χ0n) is 8.76. The molecule has 0 radical (unpaired) electrons. The van der Waals surface area contributed by atoms with Crippen LogP contribution in [-0.4, -0.2) is 9.78 Å². The number of aryl methyl sites for hydroxylation is 1. The zero-order chi connectivity index (χ0) is 11.9. The summed E-state index contributed by atoms with van der Waals surface area (Å²) in [5.41, 5.74) is 2.42. The van der Waals surface area contributed by atoms with Gasteiger partial charge in [-0.05, 0) is 32.0 Å². The summed E-state index contributed by atoms with van der Waals surface area (Å²) < 4.78 is 1.72. The molecule has 84 valence electrons. The monoisotopic (exact) mass is 274 g/mol. The lowest BCUT2D eigenvalue weighted by Crippen LogP contribution is -1.99. The highest BCUT2D eigenvalue weighted by Crippen LogP contribution is 2.28. The Morgan fingerprint density at radius 3 is 2.31 bits per heavy atom. The van der Waals surface area contributed by atoms with Crippen LogP contribution < -0.4 is 0 Å². The molecule has 0 aliphatic heterocycles. The van der Waals surface area contributed by atoms with Gasteiger partial charge in [-0.25, -0.2) is 4.68 Å². The molecular weight excluding hydrogens is 266 g/mol. The number of benzene rings is 1. The van der Waals surface area contributed by atoms with Gasteiger partial charge in [-0.3, -0.25) is 0 Å². The van der Waals surface area contributed by atoms with Crippen molar-refractivity contribution in [1.82, 2.24) is 9.78 Å². The first-order valence-corrected chi connectivity index (χ1v) is 5.81. The summed E-state index contributed by atoms with van der Waals surface area (Å²) >= 11 is 18.0. The minimum atomic E-state index is 0.551. The van der Waals surface area contributed by atoms with E-state index in [1.165, 1.54) is 0 Å². The first-order valence-electron chi connectivity index (χ1n) is 4.68. The average molecular weight is 276 g/mol. The van der Waals surface area contributed by atoms with Gasteiger partial charge in [-0.1, -0.05) is 34.8 Å². The van der Waals surface area contributed by atoms with Crippen LogP contribution in [-0.2, 0) is 0 Å². The van der Waals surface area contributed by atoms with Crippen LogP contribution >= 0.6 is 34.8 Å². The molecule has 1 heterocycles. The molecule has 5 heteroatoms. The summed E-state index contributed by atoms with van der Waals surface area (Å²) in [4.78, 5) is 0. The molecule has 16 heavy (non-hydrogen) atoms. The van der Waals surface area contributed by atoms with Crippen LogP contribution in [0.15, 0.2) is 18.2 Å². The third-order valence-corrected chi connectivity index (χ3v) is 3.43. The first-order chi connectivity index (χ1) is 7.50. The van der Waals surface area contributed by atoms with Gasteiger partial charge in [0.1, 0.15) is 0 Å². The Hall–Kier alpha value is -0.700. The second kappa shape index (κ2) is 4.28. The van der Waals surface area contributed by atoms with E-state index in [0.717, 1.165) is 17.1 Å². The summed E-state index contributed by atoms with van der Waals surface area (Å²) in [5, 5.41) is 6.14. The highest BCUT2D eigenvalue weighted by molar-refractivity contribution is 6.35. The molecule has 1 aromatic carbocycles. The molecule has 0 aliphatic carbocycles. The van der Waals surface area contributed by atoms with E-state index in [1.807, 2.05) is 19.9 Å². The standard InChI is InChI=1S/C11H9Cl3N2/c1-6-11(14)7(2)16(15-6)10-4-3-8(12)5-9(10)13/h3-5H,1-2H3. The van der Waals surface area contributed by atoms with Gasteiger partial charge in [0.15, 0.2) is 0 Å². The van der Waals surface area contributed by atoms with E-state index < -0.39 is 0 Å². The maximum atomic E-state index is 6.11. The molecule has 2 aromatic rings. The van der Waals surface area contributed by atoms with Crippen LogP contribution in [0, 0.1) is 13.8 Å².